The molecule has 0 unspecified atom stereocenters. The van der Waals surface area contributed by atoms with Crippen LogP contribution in [-0.2, 0) is 52.5 Å². The molecule has 0 aromatic heterocycles. The van der Waals surface area contributed by atoms with E-state index in [0.717, 1.165) is 0 Å². The maximum absolute atomic E-state index is 13.2. The Morgan fingerprint density at radius 2 is 0.873 bits per heavy atom. The maximum Gasteiger partial charge on any atom is 0.320 e. The second-order valence-corrected chi connectivity index (χ2v) is 15.6. The average molecular weight is 782 g/mol. The maximum atomic E-state index is 13.2. The lowest BCUT2D eigenvalue weighted by molar-refractivity contribution is -0.151. The third kappa shape index (κ3) is 25.0. The van der Waals surface area contributed by atoms with Crippen LogP contribution < -0.4 is 5.32 Å². The van der Waals surface area contributed by atoms with Gasteiger partial charge >= 0.3 is 23.9 Å². The lowest BCUT2D eigenvalue weighted by atomic mass is 10.2. The predicted octanol–water partition coefficient (Wildman–Crippen LogP) is 1.90. The van der Waals surface area contributed by atoms with Crippen LogP contribution in [-0.4, -0.2) is 160 Å². The Balaban J connectivity index is 3.04. The molecule has 314 valence electrons. The summed E-state index contributed by atoms with van der Waals surface area (Å²) in [5, 5.41) is 2.91. The number of imide groups is 1. The van der Waals surface area contributed by atoms with Gasteiger partial charge in [-0.2, -0.15) is 0 Å². The fraction of sp³-hybridized carbons (Fsp3) is 0.769. The number of nitrogens with one attached hydrogen (secondary N) is 1. The van der Waals surface area contributed by atoms with Gasteiger partial charge in [0.2, 0.25) is 5.91 Å². The molecule has 3 amide bonds. The first-order valence-corrected chi connectivity index (χ1v) is 19.5. The van der Waals surface area contributed by atoms with Crippen LogP contribution in [0, 0.1) is 23.7 Å². The van der Waals surface area contributed by atoms with Crippen LogP contribution in [0.4, 0.5) is 0 Å². The van der Waals surface area contributed by atoms with E-state index in [1.54, 1.807) is 9.80 Å². The fourth-order valence-corrected chi connectivity index (χ4v) is 4.92. The number of hydrogen-bond donors (Lipinski definition) is 1. The lowest BCUT2D eigenvalue weighted by Crippen LogP contribution is -2.47. The van der Waals surface area contributed by atoms with Crippen molar-refractivity contribution in [2.45, 2.75) is 74.7 Å². The lowest BCUT2D eigenvalue weighted by Gasteiger charge is -2.29. The second kappa shape index (κ2) is 27.7. The van der Waals surface area contributed by atoms with Crippen molar-refractivity contribution < 1.29 is 52.5 Å². The molecule has 1 heterocycles. The van der Waals surface area contributed by atoms with Crippen LogP contribution in [0.15, 0.2) is 12.2 Å². The molecule has 0 spiro atoms. The Morgan fingerprint density at radius 3 is 1.22 bits per heavy atom. The fourth-order valence-electron chi connectivity index (χ4n) is 4.92. The van der Waals surface area contributed by atoms with Gasteiger partial charge in [-0.3, -0.25) is 53.2 Å². The molecular formula is C39H67N5O11. The molecular weight excluding hydrogens is 714 g/mol. The van der Waals surface area contributed by atoms with E-state index in [4.69, 9.17) is 18.9 Å². The molecule has 55 heavy (non-hydrogen) atoms. The standard InChI is InChI=1S/C39H67N5O11/c1-29(2)25-52-36(48)21-42(22-37(49)53-26-30(3)4)18-16-41(20-33(45)40-14-10-9-11-15-44-34(46)12-13-35(44)47)17-19-43(23-38(50)54-27-31(5)6)24-39(51)55-28-32(7)8/h12-13,29-32H,9-11,14-28H2,1-8H3,(H,40,45). The molecule has 16 heteroatoms. The van der Waals surface area contributed by atoms with Crippen molar-refractivity contribution in [3.63, 3.8) is 0 Å². The van der Waals surface area contributed by atoms with Crippen molar-refractivity contribution in [3.05, 3.63) is 12.2 Å². The van der Waals surface area contributed by atoms with Crippen LogP contribution in [0.5, 0.6) is 0 Å². The highest BCUT2D eigenvalue weighted by Crippen LogP contribution is 2.07. The van der Waals surface area contributed by atoms with Gasteiger partial charge < -0.3 is 24.3 Å². The molecule has 0 radical (unpaired) electrons. The topological polar surface area (TPSA) is 181 Å². The SMILES string of the molecule is CC(C)COC(=O)CN(CCN(CCN(CC(=O)OCC(C)C)CC(=O)OCC(C)C)CC(=O)NCCCCCN1C(=O)C=CC1=O)CC(=O)OCC(C)C. The van der Waals surface area contributed by atoms with E-state index >= 15 is 0 Å². The monoisotopic (exact) mass is 781 g/mol. The zero-order valence-electron chi connectivity index (χ0n) is 34.5. The molecule has 0 aromatic rings. The summed E-state index contributed by atoms with van der Waals surface area (Å²) >= 11 is 0. The minimum absolute atomic E-state index is 0.0463. The zero-order valence-corrected chi connectivity index (χ0v) is 34.5. The normalized spacial score (nSPS) is 13.0. The first-order chi connectivity index (χ1) is 25.9. The van der Waals surface area contributed by atoms with E-state index in [2.05, 4.69) is 5.32 Å². The summed E-state index contributed by atoms with van der Waals surface area (Å²) in [6.45, 7) is 17.2. The number of amides is 3. The van der Waals surface area contributed by atoms with Gasteiger partial charge in [0.05, 0.1) is 59.2 Å². The predicted molar refractivity (Wildman–Crippen MR) is 205 cm³/mol. The summed E-state index contributed by atoms with van der Waals surface area (Å²) in [6, 6.07) is 0. The smallest absolute Gasteiger partial charge is 0.320 e. The van der Waals surface area contributed by atoms with Gasteiger partial charge in [-0.05, 0) is 42.9 Å². The Labute approximate surface area is 327 Å². The van der Waals surface area contributed by atoms with Crippen molar-refractivity contribution in [1.29, 1.82) is 0 Å². The third-order valence-electron chi connectivity index (χ3n) is 7.83. The molecule has 16 nitrogen and oxygen atoms in total. The first-order valence-electron chi connectivity index (χ1n) is 19.5. The third-order valence-corrected chi connectivity index (χ3v) is 7.83. The van der Waals surface area contributed by atoms with Gasteiger partial charge in [0.25, 0.3) is 11.8 Å². The van der Waals surface area contributed by atoms with Crippen LogP contribution in [0.25, 0.3) is 0 Å². The molecule has 0 fully saturated rings. The minimum atomic E-state index is -0.490. The summed E-state index contributed by atoms with van der Waals surface area (Å²) in [4.78, 5) is 93.8. The van der Waals surface area contributed by atoms with Crippen molar-refractivity contribution in [1.82, 2.24) is 24.9 Å². The number of carbonyl (C=O) groups is 7. The highest BCUT2D eigenvalue weighted by molar-refractivity contribution is 6.12. The second-order valence-electron chi connectivity index (χ2n) is 15.6. The number of rotatable bonds is 30. The van der Waals surface area contributed by atoms with Gasteiger partial charge in [-0.15, -0.1) is 0 Å². The Bertz CT molecular complexity index is 1120. The summed E-state index contributed by atoms with van der Waals surface area (Å²) in [5.41, 5.74) is 0. The number of hydrogen-bond acceptors (Lipinski definition) is 14. The highest BCUT2D eigenvalue weighted by Gasteiger charge is 2.24. The average Bonchev–Trinajstić information content (AvgIpc) is 3.42. The number of unbranched alkanes of at least 4 members (excludes halogenated alkanes) is 2. The summed E-state index contributed by atoms with van der Waals surface area (Å²) in [7, 11) is 0. The summed E-state index contributed by atoms with van der Waals surface area (Å²) in [5.74, 6) is -2.36. The Kier molecular flexibility index (Phi) is 24.7. The van der Waals surface area contributed by atoms with Gasteiger partial charge in [0.15, 0.2) is 0 Å². The van der Waals surface area contributed by atoms with E-state index in [1.807, 2.05) is 60.3 Å². The minimum Gasteiger partial charge on any atom is -0.464 e. The van der Waals surface area contributed by atoms with Gasteiger partial charge in [-0.25, -0.2) is 0 Å². The van der Waals surface area contributed by atoms with Crippen LogP contribution in [0.3, 0.4) is 0 Å². The molecule has 0 aliphatic carbocycles. The van der Waals surface area contributed by atoms with Crippen molar-refractivity contribution >= 4 is 41.6 Å². The molecule has 0 bridgehead atoms. The largest absolute Gasteiger partial charge is 0.464 e. The molecule has 1 N–H and O–H groups in total. The highest BCUT2D eigenvalue weighted by atomic mass is 16.5. The van der Waals surface area contributed by atoms with Crippen molar-refractivity contribution in [3.8, 4) is 0 Å². The van der Waals surface area contributed by atoms with E-state index in [0.29, 0.717) is 32.4 Å². The molecule has 0 saturated carbocycles. The number of carbonyl (C=O) groups excluding carboxylic acids is 7. The molecule has 1 aliphatic rings. The summed E-state index contributed by atoms with van der Waals surface area (Å²) in [6.07, 6.45) is 4.42. The van der Waals surface area contributed by atoms with Crippen LogP contribution in [0.2, 0.25) is 0 Å². The number of nitrogens with zero attached hydrogens (tertiary/aromatic N) is 4. The molecule has 0 aromatic carbocycles. The van der Waals surface area contributed by atoms with E-state index in [1.165, 1.54) is 17.1 Å². The van der Waals surface area contributed by atoms with Crippen LogP contribution >= 0.6 is 0 Å². The first kappa shape index (κ1) is 49.1. The zero-order chi connectivity index (χ0) is 41.3. The quantitative estimate of drug-likeness (QED) is 0.0483. The number of ether oxygens (including phenoxy) is 4. The van der Waals surface area contributed by atoms with Gasteiger partial charge in [-0.1, -0.05) is 55.4 Å². The molecule has 1 aliphatic heterocycles. The van der Waals surface area contributed by atoms with Crippen molar-refractivity contribution in [2.75, 3.05) is 98.4 Å². The molecule has 0 saturated heterocycles. The Hall–Kier alpha value is -3.89. The summed E-state index contributed by atoms with van der Waals surface area (Å²) < 4.78 is 21.5. The van der Waals surface area contributed by atoms with Gasteiger partial charge in [0, 0.05) is 51.4 Å². The van der Waals surface area contributed by atoms with E-state index in [-0.39, 0.29) is 127 Å². The van der Waals surface area contributed by atoms with Gasteiger partial charge in [0.1, 0.15) is 0 Å². The number of esters is 4. The van der Waals surface area contributed by atoms with E-state index < -0.39 is 23.9 Å². The van der Waals surface area contributed by atoms with Crippen molar-refractivity contribution in [2.24, 2.45) is 23.7 Å². The van der Waals surface area contributed by atoms with E-state index in [9.17, 15) is 33.6 Å². The Morgan fingerprint density at radius 1 is 0.527 bits per heavy atom. The van der Waals surface area contributed by atoms with Crippen LogP contribution in [0.1, 0.15) is 74.7 Å². The molecule has 1 rings (SSSR count). The molecule has 0 atom stereocenters.